The number of amides is 1. The molecule has 1 aromatic carbocycles. The third kappa shape index (κ3) is 3.14. The molecule has 0 unspecified atom stereocenters. The van der Waals surface area contributed by atoms with Crippen LogP contribution < -0.4 is 5.32 Å². The number of aryl methyl sites for hydroxylation is 1. The molecule has 0 aliphatic rings. The second-order valence-corrected chi connectivity index (χ2v) is 5.63. The summed E-state index contributed by atoms with van der Waals surface area (Å²) < 4.78 is 18.2. The number of anilines is 1. The molecule has 3 heterocycles. The van der Waals surface area contributed by atoms with Gasteiger partial charge in [0, 0.05) is 11.9 Å². The Kier molecular flexibility index (Phi) is 3.88. The number of nitrogens with zero attached hydrogens (tertiary/aromatic N) is 4. The van der Waals surface area contributed by atoms with Crippen LogP contribution in [0.25, 0.3) is 22.6 Å². The standard InChI is InChI=1S/C17H13FN6O2/c1-9-20-15-12(6-7-19-16(15)21-9)17-23-13(24-26-17)8-14(25)22-11-4-2-10(18)3-5-11/h2-7H,8H2,1H3,(H,22,25)(H,19,20,21). The fourth-order valence-corrected chi connectivity index (χ4v) is 2.52. The molecule has 1 amide bonds. The smallest absolute Gasteiger partial charge is 0.260 e. The first-order valence-corrected chi connectivity index (χ1v) is 7.78. The van der Waals surface area contributed by atoms with Crippen molar-refractivity contribution in [1.29, 1.82) is 0 Å². The van der Waals surface area contributed by atoms with Crippen LogP contribution in [0.4, 0.5) is 10.1 Å². The summed E-state index contributed by atoms with van der Waals surface area (Å²) >= 11 is 0. The van der Waals surface area contributed by atoms with E-state index in [4.69, 9.17) is 4.52 Å². The van der Waals surface area contributed by atoms with Gasteiger partial charge in [-0.1, -0.05) is 5.16 Å². The average Bonchev–Trinajstić information content (AvgIpc) is 3.22. The first-order chi connectivity index (χ1) is 12.6. The predicted octanol–water partition coefficient (Wildman–Crippen LogP) is 2.64. The van der Waals surface area contributed by atoms with Gasteiger partial charge >= 0.3 is 0 Å². The zero-order chi connectivity index (χ0) is 18.1. The Hall–Kier alpha value is -3.62. The van der Waals surface area contributed by atoms with E-state index in [1.165, 1.54) is 24.3 Å². The number of halogens is 1. The summed E-state index contributed by atoms with van der Waals surface area (Å²) in [6, 6.07) is 7.22. The molecule has 0 spiro atoms. The highest BCUT2D eigenvalue weighted by Crippen LogP contribution is 2.24. The van der Waals surface area contributed by atoms with Crippen LogP contribution in [-0.2, 0) is 11.2 Å². The summed E-state index contributed by atoms with van der Waals surface area (Å²) in [6.07, 6.45) is 1.53. The second kappa shape index (κ2) is 6.36. The van der Waals surface area contributed by atoms with Gasteiger partial charge < -0.3 is 14.8 Å². The SMILES string of the molecule is Cc1nc2nccc(-c3nc(CC(=O)Nc4ccc(F)cc4)no3)c2[nH]1. The molecule has 130 valence electrons. The molecule has 0 saturated heterocycles. The molecule has 2 N–H and O–H groups in total. The summed E-state index contributed by atoms with van der Waals surface area (Å²) in [5.41, 5.74) is 2.39. The Balaban J connectivity index is 1.52. The maximum Gasteiger partial charge on any atom is 0.260 e. The summed E-state index contributed by atoms with van der Waals surface area (Å²) in [4.78, 5) is 27.9. The van der Waals surface area contributed by atoms with Crippen molar-refractivity contribution in [3.8, 4) is 11.5 Å². The normalized spacial score (nSPS) is 11.0. The van der Waals surface area contributed by atoms with Gasteiger partial charge in [-0.3, -0.25) is 4.79 Å². The van der Waals surface area contributed by atoms with Gasteiger partial charge in [0.25, 0.3) is 5.89 Å². The lowest BCUT2D eigenvalue weighted by Gasteiger charge is -2.02. The molecule has 0 saturated carbocycles. The Morgan fingerprint density at radius 2 is 2.04 bits per heavy atom. The number of pyridine rings is 1. The van der Waals surface area contributed by atoms with Crippen LogP contribution in [0.1, 0.15) is 11.6 Å². The van der Waals surface area contributed by atoms with Crippen molar-refractivity contribution in [1.82, 2.24) is 25.1 Å². The highest BCUT2D eigenvalue weighted by molar-refractivity contribution is 5.92. The van der Waals surface area contributed by atoms with E-state index in [1.54, 1.807) is 12.3 Å². The van der Waals surface area contributed by atoms with Crippen LogP contribution >= 0.6 is 0 Å². The molecule has 8 nitrogen and oxygen atoms in total. The van der Waals surface area contributed by atoms with Crippen LogP contribution in [0.15, 0.2) is 41.1 Å². The zero-order valence-corrected chi connectivity index (χ0v) is 13.7. The number of benzene rings is 1. The van der Waals surface area contributed by atoms with E-state index in [0.717, 1.165) is 5.82 Å². The maximum absolute atomic E-state index is 12.9. The van der Waals surface area contributed by atoms with Gasteiger partial charge in [0.05, 0.1) is 17.5 Å². The number of nitrogens with one attached hydrogen (secondary N) is 2. The number of aromatic nitrogens is 5. The van der Waals surface area contributed by atoms with Gasteiger partial charge in [0.2, 0.25) is 5.91 Å². The average molecular weight is 352 g/mol. The van der Waals surface area contributed by atoms with Crippen molar-refractivity contribution in [3.05, 3.63) is 54.0 Å². The summed E-state index contributed by atoms with van der Waals surface area (Å²) in [7, 11) is 0. The van der Waals surface area contributed by atoms with E-state index in [1.807, 2.05) is 6.92 Å². The van der Waals surface area contributed by atoms with Gasteiger partial charge in [0.1, 0.15) is 11.6 Å². The molecule has 3 aromatic heterocycles. The Bertz CT molecular complexity index is 1090. The van der Waals surface area contributed by atoms with Crippen molar-refractivity contribution < 1.29 is 13.7 Å². The highest BCUT2D eigenvalue weighted by Gasteiger charge is 2.16. The lowest BCUT2D eigenvalue weighted by molar-refractivity contribution is -0.115. The molecule has 0 radical (unpaired) electrons. The van der Waals surface area contributed by atoms with Crippen LogP contribution in [0, 0.1) is 12.7 Å². The summed E-state index contributed by atoms with van der Waals surface area (Å²) in [5.74, 6) is 0.523. The zero-order valence-electron chi connectivity index (χ0n) is 13.7. The van der Waals surface area contributed by atoms with Gasteiger partial charge in [-0.25, -0.2) is 14.4 Å². The van der Waals surface area contributed by atoms with E-state index < -0.39 is 0 Å². The molecule has 0 bridgehead atoms. The number of aromatic amines is 1. The molecule has 4 rings (SSSR count). The first kappa shape index (κ1) is 15.9. The second-order valence-electron chi connectivity index (χ2n) is 5.63. The number of carbonyl (C=O) groups excluding carboxylic acids is 1. The number of hydrogen-bond donors (Lipinski definition) is 2. The van der Waals surface area contributed by atoms with E-state index in [-0.39, 0.29) is 29.9 Å². The number of H-pyrrole nitrogens is 1. The lowest BCUT2D eigenvalue weighted by Crippen LogP contribution is -2.15. The van der Waals surface area contributed by atoms with Crippen molar-refractivity contribution in [2.75, 3.05) is 5.32 Å². The molecular formula is C17H13FN6O2. The fourth-order valence-electron chi connectivity index (χ4n) is 2.52. The Morgan fingerprint density at radius 3 is 2.85 bits per heavy atom. The lowest BCUT2D eigenvalue weighted by atomic mass is 10.2. The Labute approximate surface area is 146 Å². The monoisotopic (exact) mass is 352 g/mol. The van der Waals surface area contributed by atoms with E-state index in [9.17, 15) is 9.18 Å². The molecule has 0 aliphatic carbocycles. The molecule has 4 aromatic rings. The molecule has 0 atom stereocenters. The van der Waals surface area contributed by atoms with Crippen molar-refractivity contribution in [2.45, 2.75) is 13.3 Å². The van der Waals surface area contributed by atoms with Crippen LogP contribution in [-0.4, -0.2) is 31.0 Å². The first-order valence-electron chi connectivity index (χ1n) is 7.78. The predicted molar refractivity (Wildman–Crippen MR) is 90.7 cm³/mol. The largest absolute Gasteiger partial charge is 0.340 e. The molecule has 0 aliphatic heterocycles. The number of fused-ring (bicyclic) bond motifs is 1. The van der Waals surface area contributed by atoms with Crippen LogP contribution in [0.5, 0.6) is 0 Å². The van der Waals surface area contributed by atoms with Crippen molar-refractivity contribution >= 4 is 22.8 Å². The van der Waals surface area contributed by atoms with Crippen LogP contribution in [0.2, 0.25) is 0 Å². The maximum atomic E-state index is 12.9. The number of imidazole rings is 1. The van der Waals surface area contributed by atoms with Gasteiger partial charge in [0.15, 0.2) is 11.5 Å². The number of hydrogen-bond acceptors (Lipinski definition) is 6. The van der Waals surface area contributed by atoms with Gasteiger partial charge in [-0.15, -0.1) is 0 Å². The van der Waals surface area contributed by atoms with Crippen LogP contribution in [0.3, 0.4) is 0 Å². The quantitative estimate of drug-likeness (QED) is 0.584. The van der Waals surface area contributed by atoms with Gasteiger partial charge in [-0.05, 0) is 37.3 Å². The third-order valence-electron chi connectivity index (χ3n) is 3.66. The van der Waals surface area contributed by atoms with Crippen molar-refractivity contribution in [2.24, 2.45) is 0 Å². The summed E-state index contributed by atoms with van der Waals surface area (Å²) in [5, 5.41) is 6.49. The number of carbonyl (C=O) groups is 1. The van der Waals surface area contributed by atoms with E-state index in [2.05, 4.69) is 30.4 Å². The van der Waals surface area contributed by atoms with Gasteiger partial charge in [-0.2, -0.15) is 4.98 Å². The molecule has 9 heteroatoms. The third-order valence-corrected chi connectivity index (χ3v) is 3.66. The van der Waals surface area contributed by atoms with Crippen molar-refractivity contribution in [3.63, 3.8) is 0 Å². The summed E-state index contributed by atoms with van der Waals surface area (Å²) in [6.45, 7) is 1.82. The molecular weight excluding hydrogens is 339 g/mol. The fraction of sp³-hybridized carbons (Fsp3) is 0.118. The molecule has 0 fully saturated rings. The topological polar surface area (TPSA) is 110 Å². The van der Waals surface area contributed by atoms with E-state index in [0.29, 0.717) is 22.4 Å². The molecule has 26 heavy (non-hydrogen) atoms. The number of rotatable bonds is 4. The minimum absolute atomic E-state index is 0.0723. The van der Waals surface area contributed by atoms with E-state index >= 15 is 0 Å². The minimum Gasteiger partial charge on any atom is -0.340 e. The minimum atomic E-state index is -0.372. The Morgan fingerprint density at radius 1 is 1.23 bits per heavy atom. The highest BCUT2D eigenvalue weighted by atomic mass is 19.1.